The Morgan fingerprint density at radius 2 is 2.04 bits per heavy atom. The lowest BCUT2D eigenvalue weighted by molar-refractivity contribution is 0.169. The Labute approximate surface area is 155 Å². The summed E-state index contributed by atoms with van der Waals surface area (Å²) in [6.45, 7) is 5.50. The zero-order valence-electron chi connectivity index (χ0n) is 15.9. The largest absolute Gasteiger partial charge is 0.378 e. The van der Waals surface area contributed by atoms with Crippen molar-refractivity contribution in [3.8, 4) is 0 Å². The molecule has 1 aliphatic rings. The van der Waals surface area contributed by atoms with Crippen LogP contribution in [-0.4, -0.2) is 68.2 Å². The first-order valence-electron chi connectivity index (χ1n) is 8.99. The highest BCUT2D eigenvalue weighted by Crippen LogP contribution is 2.13. The lowest BCUT2D eigenvalue weighted by Crippen LogP contribution is -2.52. The molecule has 0 aliphatic carbocycles. The summed E-state index contributed by atoms with van der Waals surface area (Å²) >= 11 is 0. The van der Waals surface area contributed by atoms with Crippen molar-refractivity contribution in [3.63, 3.8) is 0 Å². The molecule has 2 aromatic rings. The Balaban J connectivity index is 1.50. The molecule has 1 saturated heterocycles. The summed E-state index contributed by atoms with van der Waals surface area (Å²) in [5, 5.41) is 7.49. The molecule has 140 valence electrons. The number of anilines is 1. The smallest absolute Gasteiger partial charge is 0.194 e. The maximum atomic E-state index is 4.91. The molecule has 0 saturated carbocycles. The third-order valence-corrected chi connectivity index (χ3v) is 4.64. The van der Waals surface area contributed by atoms with Crippen molar-refractivity contribution in [2.24, 2.45) is 4.99 Å². The molecule has 0 unspecified atom stereocenters. The van der Waals surface area contributed by atoms with E-state index in [1.807, 2.05) is 13.1 Å². The van der Waals surface area contributed by atoms with Gasteiger partial charge in [0.25, 0.3) is 0 Å². The molecule has 1 N–H and O–H groups in total. The van der Waals surface area contributed by atoms with Gasteiger partial charge in [0.2, 0.25) is 0 Å². The number of aromatic nitrogens is 1. The molecule has 3 rings (SSSR count). The van der Waals surface area contributed by atoms with E-state index in [9.17, 15) is 0 Å². The minimum absolute atomic E-state index is 0.771. The summed E-state index contributed by atoms with van der Waals surface area (Å²) in [6, 6.07) is 10.5. The molecule has 1 aromatic carbocycles. The molecule has 0 radical (unpaired) electrons. The van der Waals surface area contributed by atoms with Crippen molar-refractivity contribution in [1.82, 2.24) is 20.3 Å². The van der Waals surface area contributed by atoms with Gasteiger partial charge in [0.1, 0.15) is 6.26 Å². The molecule has 1 aromatic heterocycles. The van der Waals surface area contributed by atoms with Crippen LogP contribution in [0.15, 0.2) is 46.1 Å². The van der Waals surface area contributed by atoms with Crippen LogP contribution >= 0.6 is 0 Å². The average molecular weight is 356 g/mol. The highest BCUT2D eigenvalue weighted by Gasteiger charge is 2.20. The van der Waals surface area contributed by atoms with Crippen LogP contribution < -0.4 is 10.2 Å². The molecule has 2 heterocycles. The molecule has 1 fully saturated rings. The zero-order chi connectivity index (χ0) is 18.4. The van der Waals surface area contributed by atoms with Gasteiger partial charge in [0.15, 0.2) is 5.96 Å². The molecule has 26 heavy (non-hydrogen) atoms. The van der Waals surface area contributed by atoms with E-state index < -0.39 is 0 Å². The molecule has 0 atom stereocenters. The molecular formula is C19H28N6O. The lowest BCUT2D eigenvalue weighted by atomic mass is 10.2. The van der Waals surface area contributed by atoms with Gasteiger partial charge in [-0.1, -0.05) is 17.3 Å². The van der Waals surface area contributed by atoms with Crippen LogP contribution in [0.5, 0.6) is 0 Å². The van der Waals surface area contributed by atoms with E-state index in [-0.39, 0.29) is 0 Å². The minimum atomic E-state index is 0.771. The first kappa shape index (κ1) is 18.3. The SMILES string of the molecule is CN=C(NCc1cccc(N(C)C)c1)N1CCN(Cc2ccon2)CC1. The Hall–Kier alpha value is -2.54. The molecule has 0 spiro atoms. The van der Waals surface area contributed by atoms with Gasteiger partial charge in [-0.2, -0.15) is 0 Å². The predicted molar refractivity (Wildman–Crippen MR) is 104 cm³/mol. The van der Waals surface area contributed by atoms with Crippen LogP contribution in [-0.2, 0) is 13.1 Å². The second kappa shape index (κ2) is 8.71. The summed E-state index contributed by atoms with van der Waals surface area (Å²) in [5.41, 5.74) is 3.45. The molecule has 0 bridgehead atoms. The maximum absolute atomic E-state index is 4.91. The topological polar surface area (TPSA) is 60.1 Å². The van der Waals surface area contributed by atoms with E-state index in [0.717, 1.165) is 50.9 Å². The quantitative estimate of drug-likeness (QED) is 0.649. The Morgan fingerprint density at radius 3 is 2.69 bits per heavy atom. The van der Waals surface area contributed by atoms with Crippen molar-refractivity contribution in [1.29, 1.82) is 0 Å². The minimum Gasteiger partial charge on any atom is -0.378 e. The Bertz CT molecular complexity index is 705. The van der Waals surface area contributed by atoms with Gasteiger partial charge in [-0.3, -0.25) is 9.89 Å². The number of rotatable bonds is 5. The number of hydrogen-bond donors (Lipinski definition) is 1. The number of nitrogens with zero attached hydrogens (tertiary/aromatic N) is 5. The molecular weight excluding hydrogens is 328 g/mol. The maximum Gasteiger partial charge on any atom is 0.194 e. The third-order valence-electron chi connectivity index (χ3n) is 4.64. The van der Waals surface area contributed by atoms with E-state index in [2.05, 4.69) is 68.5 Å². The monoisotopic (exact) mass is 356 g/mol. The van der Waals surface area contributed by atoms with Crippen LogP contribution in [0.25, 0.3) is 0 Å². The van der Waals surface area contributed by atoms with Crippen molar-refractivity contribution in [2.45, 2.75) is 13.1 Å². The van der Waals surface area contributed by atoms with Gasteiger partial charge >= 0.3 is 0 Å². The van der Waals surface area contributed by atoms with Gasteiger partial charge in [0.05, 0.1) is 5.69 Å². The first-order chi connectivity index (χ1) is 12.7. The van der Waals surface area contributed by atoms with Gasteiger partial charge in [-0.05, 0) is 17.7 Å². The standard InChI is InChI=1S/C19H28N6O/c1-20-19(21-14-16-5-4-6-18(13-16)23(2)3)25-10-8-24(9-11-25)15-17-7-12-26-22-17/h4-7,12-13H,8-11,14-15H2,1-3H3,(H,20,21). The summed E-state index contributed by atoms with van der Waals surface area (Å²) in [4.78, 5) is 11.3. The number of hydrogen-bond acceptors (Lipinski definition) is 5. The highest BCUT2D eigenvalue weighted by molar-refractivity contribution is 5.80. The second-order valence-electron chi connectivity index (χ2n) is 6.72. The fraction of sp³-hybridized carbons (Fsp3) is 0.474. The molecule has 7 nitrogen and oxygen atoms in total. The lowest BCUT2D eigenvalue weighted by Gasteiger charge is -2.36. The summed E-state index contributed by atoms with van der Waals surface area (Å²) in [6.07, 6.45) is 1.63. The molecule has 7 heteroatoms. The highest BCUT2D eigenvalue weighted by atomic mass is 16.5. The van der Waals surface area contributed by atoms with E-state index in [4.69, 9.17) is 4.52 Å². The first-order valence-corrected chi connectivity index (χ1v) is 8.99. The van der Waals surface area contributed by atoms with Gasteiger partial charge in [0, 0.05) is 72.2 Å². The van der Waals surface area contributed by atoms with Gasteiger partial charge < -0.3 is 19.6 Å². The average Bonchev–Trinajstić information content (AvgIpc) is 3.17. The van der Waals surface area contributed by atoms with Crippen LogP contribution in [0.3, 0.4) is 0 Å². The Kier molecular flexibility index (Phi) is 6.12. The summed E-state index contributed by atoms with van der Waals surface area (Å²) in [7, 11) is 5.97. The number of aliphatic imine (C=N–C) groups is 1. The number of guanidine groups is 1. The van der Waals surface area contributed by atoms with Crippen molar-refractivity contribution < 1.29 is 4.52 Å². The van der Waals surface area contributed by atoms with Crippen molar-refractivity contribution >= 4 is 11.6 Å². The third kappa shape index (κ3) is 4.76. The second-order valence-corrected chi connectivity index (χ2v) is 6.72. The number of benzene rings is 1. The van der Waals surface area contributed by atoms with E-state index in [0.29, 0.717) is 0 Å². The van der Waals surface area contributed by atoms with Crippen LogP contribution in [0.4, 0.5) is 5.69 Å². The molecule has 0 amide bonds. The van der Waals surface area contributed by atoms with Crippen LogP contribution in [0, 0.1) is 0 Å². The summed E-state index contributed by atoms with van der Waals surface area (Å²) in [5.74, 6) is 0.960. The number of nitrogens with one attached hydrogen (secondary N) is 1. The Morgan fingerprint density at radius 1 is 1.23 bits per heavy atom. The normalized spacial score (nSPS) is 16.0. The summed E-state index contributed by atoms with van der Waals surface area (Å²) < 4.78 is 4.91. The van der Waals surface area contributed by atoms with Crippen LogP contribution in [0.1, 0.15) is 11.3 Å². The number of piperazine rings is 1. The van der Waals surface area contributed by atoms with Crippen molar-refractivity contribution in [3.05, 3.63) is 47.9 Å². The van der Waals surface area contributed by atoms with E-state index >= 15 is 0 Å². The van der Waals surface area contributed by atoms with E-state index in [1.54, 1.807) is 6.26 Å². The zero-order valence-corrected chi connectivity index (χ0v) is 15.9. The fourth-order valence-corrected chi connectivity index (χ4v) is 3.12. The molecule has 1 aliphatic heterocycles. The van der Waals surface area contributed by atoms with Gasteiger partial charge in [-0.25, -0.2) is 0 Å². The van der Waals surface area contributed by atoms with Gasteiger partial charge in [-0.15, -0.1) is 0 Å². The van der Waals surface area contributed by atoms with Crippen molar-refractivity contribution in [2.75, 3.05) is 52.2 Å². The van der Waals surface area contributed by atoms with E-state index in [1.165, 1.54) is 11.3 Å². The fourth-order valence-electron chi connectivity index (χ4n) is 3.12. The van der Waals surface area contributed by atoms with Crippen LogP contribution in [0.2, 0.25) is 0 Å². The predicted octanol–water partition coefficient (Wildman–Crippen LogP) is 1.63.